The quantitative estimate of drug-likeness (QED) is 0.851. The molecule has 2 rings (SSSR count). The molecular weight excluding hydrogens is 240 g/mol. The van der Waals surface area contributed by atoms with Gasteiger partial charge < -0.3 is 0 Å². The molecule has 0 fully saturated rings. The van der Waals surface area contributed by atoms with Crippen LogP contribution >= 0.6 is 11.6 Å². The van der Waals surface area contributed by atoms with Gasteiger partial charge in [0.2, 0.25) is 0 Å². The van der Waals surface area contributed by atoms with Crippen LogP contribution in [0.15, 0.2) is 10.9 Å². The van der Waals surface area contributed by atoms with Gasteiger partial charge in [-0.1, -0.05) is 13.8 Å². The highest BCUT2D eigenvalue weighted by molar-refractivity contribution is 6.21. The third-order valence-electron chi connectivity index (χ3n) is 2.99. The van der Waals surface area contributed by atoms with E-state index in [9.17, 15) is 4.79 Å². The molecule has 0 amide bonds. The first-order valence-electron chi connectivity index (χ1n) is 5.63. The number of aryl methyl sites for hydroxylation is 1. The summed E-state index contributed by atoms with van der Waals surface area (Å²) >= 11 is 6.22. The minimum atomic E-state index is -0.262. The van der Waals surface area contributed by atoms with Gasteiger partial charge in [-0.2, -0.15) is 5.10 Å². The van der Waals surface area contributed by atoms with Crippen molar-refractivity contribution >= 4 is 17.2 Å². The number of nitrogens with zero attached hydrogens (tertiary/aromatic N) is 3. The molecule has 0 spiro atoms. The zero-order valence-corrected chi connectivity index (χ0v) is 10.8. The van der Waals surface area contributed by atoms with Gasteiger partial charge in [-0.25, -0.2) is 19.3 Å². The van der Waals surface area contributed by atoms with Crippen molar-refractivity contribution in [1.82, 2.24) is 19.6 Å². The predicted octanol–water partition coefficient (Wildman–Crippen LogP) is 1.85. The molecular formula is C11H15ClN4O. The zero-order valence-electron chi connectivity index (χ0n) is 10.1. The number of H-pyrrole nitrogens is 1. The van der Waals surface area contributed by atoms with E-state index in [0.29, 0.717) is 11.5 Å². The zero-order chi connectivity index (χ0) is 12.6. The lowest BCUT2D eigenvalue weighted by Gasteiger charge is -2.16. The van der Waals surface area contributed by atoms with E-state index in [1.165, 1.54) is 4.40 Å². The van der Waals surface area contributed by atoms with Gasteiger partial charge in [0, 0.05) is 17.4 Å². The van der Waals surface area contributed by atoms with Crippen molar-refractivity contribution in [3.05, 3.63) is 28.1 Å². The number of hydrogen-bond donors (Lipinski definition) is 1. The summed E-state index contributed by atoms with van der Waals surface area (Å²) in [6.45, 7) is 5.86. The molecule has 1 N–H and O–H groups in total. The summed E-state index contributed by atoms with van der Waals surface area (Å²) in [5.74, 6) is 0.764. The Kier molecular flexibility index (Phi) is 3.19. The van der Waals surface area contributed by atoms with Crippen molar-refractivity contribution in [3.63, 3.8) is 0 Å². The van der Waals surface area contributed by atoms with Crippen LogP contribution in [0.4, 0.5) is 0 Å². The second kappa shape index (κ2) is 4.49. The molecule has 92 valence electrons. The van der Waals surface area contributed by atoms with Crippen LogP contribution in [0.25, 0.3) is 5.65 Å². The molecule has 0 aliphatic rings. The van der Waals surface area contributed by atoms with Crippen molar-refractivity contribution in [2.75, 3.05) is 0 Å². The Bertz CT molecular complexity index is 589. The fourth-order valence-electron chi connectivity index (χ4n) is 1.89. The van der Waals surface area contributed by atoms with Crippen LogP contribution in [-0.2, 0) is 0 Å². The van der Waals surface area contributed by atoms with Crippen molar-refractivity contribution < 1.29 is 0 Å². The van der Waals surface area contributed by atoms with Crippen LogP contribution in [0.2, 0.25) is 0 Å². The van der Waals surface area contributed by atoms with Gasteiger partial charge in [-0.15, -0.1) is 11.6 Å². The van der Waals surface area contributed by atoms with Crippen LogP contribution in [0.3, 0.4) is 0 Å². The molecule has 0 bridgehead atoms. The Morgan fingerprint density at radius 2 is 2.29 bits per heavy atom. The number of alkyl halides is 1. The first kappa shape index (κ1) is 12.1. The molecule has 2 atom stereocenters. The molecule has 0 aromatic carbocycles. The van der Waals surface area contributed by atoms with Gasteiger partial charge in [0.1, 0.15) is 5.82 Å². The van der Waals surface area contributed by atoms with Crippen LogP contribution < -0.4 is 5.69 Å². The number of rotatable bonds is 3. The maximum Gasteiger partial charge on any atom is 0.349 e. The topological polar surface area (TPSA) is 63.0 Å². The number of nitrogens with one attached hydrogen (secondary N) is 1. The molecule has 2 heterocycles. The lowest BCUT2D eigenvalue weighted by atomic mass is 10.0. The Hall–Kier alpha value is -1.36. The van der Waals surface area contributed by atoms with Gasteiger partial charge >= 0.3 is 5.69 Å². The Morgan fingerprint density at radius 1 is 1.59 bits per heavy atom. The maximum atomic E-state index is 11.4. The predicted molar refractivity (Wildman–Crippen MR) is 66.7 cm³/mol. The normalized spacial score (nSPS) is 15.1. The summed E-state index contributed by atoms with van der Waals surface area (Å²) in [5.41, 5.74) is 1.20. The van der Waals surface area contributed by atoms with Gasteiger partial charge in [-0.05, 0) is 13.3 Å². The minimum Gasteiger partial charge on any atom is -0.246 e. The molecule has 17 heavy (non-hydrogen) atoms. The first-order valence-corrected chi connectivity index (χ1v) is 6.07. The summed E-state index contributed by atoms with van der Waals surface area (Å²) in [7, 11) is 0. The van der Waals surface area contributed by atoms with E-state index >= 15 is 0 Å². The highest BCUT2D eigenvalue weighted by atomic mass is 35.5. The lowest BCUT2D eigenvalue weighted by molar-refractivity contribution is 0.650. The molecule has 0 radical (unpaired) electrons. The van der Waals surface area contributed by atoms with Crippen molar-refractivity contribution in [3.8, 4) is 0 Å². The number of halogens is 1. The van der Waals surface area contributed by atoms with Crippen molar-refractivity contribution in [2.45, 2.75) is 38.5 Å². The molecule has 6 heteroatoms. The van der Waals surface area contributed by atoms with Gasteiger partial charge in [0.15, 0.2) is 5.65 Å². The van der Waals surface area contributed by atoms with Crippen LogP contribution in [0.5, 0.6) is 0 Å². The second-order valence-corrected chi connectivity index (χ2v) is 4.72. The Labute approximate surface area is 104 Å². The summed E-state index contributed by atoms with van der Waals surface area (Å²) in [4.78, 5) is 15.9. The summed E-state index contributed by atoms with van der Waals surface area (Å²) in [6.07, 6.45) is 0.877. The van der Waals surface area contributed by atoms with E-state index in [4.69, 9.17) is 11.6 Å². The second-order valence-electron chi connectivity index (χ2n) is 4.16. The molecule has 2 unspecified atom stereocenters. The van der Waals surface area contributed by atoms with E-state index in [0.717, 1.165) is 12.1 Å². The van der Waals surface area contributed by atoms with Gasteiger partial charge in [-0.3, -0.25) is 0 Å². The fraction of sp³-hybridized carbons (Fsp3) is 0.545. The van der Waals surface area contributed by atoms with Crippen LogP contribution in [-0.4, -0.2) is 25.0 Å². The lowest BCUT2D eigenvalue weighted by Crippen LogP contribution is -2.16. The summed E-state index contributed by atoms with van der Waals surface area (Å²) in [5, 5.41) is 6.40. The Morgan fingerprint density at radius 3 is 2.94 bits per heavy atom. The molecule has 0 saturated carbocycles. The monoisotopic (exact) mass is 254 g/mol. The first-order chi connectivity index (χ1) is 8.04. The van der Waals surface area contributed by atoms with Gasteiger partial charge in [0.05, 0.1) is 5.69 Å². The van der Waals surface area contributed by atoms with E-state index < -0.39 is 0 Å². The summed E-state index contributed by atoms with van der Waals surface area (Å²) in [6, 6.07) is 1.81. The smallest absolute Gasteiger partial charge is 0.246 e. The van der Waals surface area contributed by atoms with E-state index in [2.05, 4.69) is 15.2 Å². The molecule has 0 saturated heterocycles. The number of fused-ring (bicyclic) bond motifs is 1. The molecule has 0 aliphatic heterocycles. The number of aromatic amines is 1. The standard InChI is InChI=1S/C11H15ClN4O/c1-4-8(12)6(2)9-5-10-14-15-11(17)16(10)7(3)13-9/h5-6,8H,4H2,1-3H3,(H,15,17). The third kappa shape index (κ3) is 2.07. The average Bonchev–Trinajstić information content (AvgIpc) is 2.69. The SMILES string of the molecule is CCC(Cl)C(C)c1cc2n[nH]c(=O)n2c(C)n1. The molecule has 5 nitrogen and oxygen atoms in total. The van der Waals surface area contributed by atoms with E-state index in [-0.39, 0.29) is 17.0 Å². The van der Waals surface area contributed by atoms with Gasteiger partial charge in [0.25, 0.3) is 0 Å². The highest BCUT2D eigenvalue weighted by Gasteiger charge is 2.18. The van der Waals surface area contributed by atoms with Crippen LogP contribution in [0.1, 0.15) is 37.7 Å². The Balaban J connectivity index is 2.54. The number of hydrogen-bond acceptors (Lipinski definition) is 3. The molecule has 0 aliphatic carbocycles. The minimum absolute atomic E-state index is 0.0370. The summed E-state index contributed by atoms with van der Waals surface area (Å²) < 4.78 is 1.45. The molecule has 2 aromatic rings. The van der Waals surface area contributed by atoms with Crippen molar-refractivity contribution in [2.24, 2.45) is 0 Å². The molecule has 2 aromatic heterocycles. The van der Waals surface area contributed by atoms with E-state index in [1.54, 1.807) is 13.0 Å². The van der Waals surface area contributed by atoms with Crippen LogP contribution in [0, 0.1) is 6.92 Å². The maximum absolute atomic E-state index is 11.4. The fourth-order valence-corrected chi connectivity index (χ4v) is 2.02. The largest absolute Gasteiger partial charge is 0.349 e. The highest BCUT2D eigenvalue weighted by Crippen LogP contribution is 2.24. The number of aromatic nitrogens is 4. The average molecular weight is 255 g/mol. The van der Waals surface area contributed by atoms with Crippen molar-refractivity contribution in [1.29, 1.82) is 0 Å². The third-order valence-corrected chi connectivity index (χ3v) is 3.68. The van der Waals surface area contributed by atoms with E-state index in [1.807, 2.05) is 13.8 Å².